The number of aliphatic hydroxyl groups is 3. The van der Waals surface area contributed by atoms with Crippen molar-refractivity contribution in [2.45, 2.75) is 70.3 Å². The van der Waals surface area contributed by atoms with E-state index in [0.29, 0.717) is 45.3 Å². The standard InChI is InChI=1S/C28H41IN2O8/c1-3-38-17-25(34)31(15-18-7-5-4-6-8-18)22-13-20(28(36)30-9-10-32)14-23(26(22)35)39-27-21(29)11-19(16-33)12-24(27)37-2/h11-12,14,18,22-23,26,32-33,35H,3-10,13,15-17H2,1-2H3,(H,30,36)/t22-,23+,26+/m1/s1. The van der Waals surface area contributed by atoms with Crippen LogP contribution in [0.2, 0.25) is 0 Å². The molecule has 2 amide bonds. The first-order valence-electron chi connectivity index (χ1n) is 13.6. The quantitative estimate of drug-likeness (QED) is 0.237. The number of carbonyl (C=O) groups excluding carboxylic acids is 2. The Morgan fingerprint density at radius 1 is 1.18 bits per heavy atom. The van der Waals surface area contributed by atoms with Crippen LogP contribution in [0, 0.1) is 9.49 Å². The third-order valence-corrected chi connectivity index (χ3v) is 8.07. The molecule has 2 aliphatic carbocycles. The highest BCUT2D eigenvalue weighted by atomic mass is 127. The second-order valence-corrected chi connectivity index (χ2v) is 11.1. The average molecular weight is 661 g/mol. The van der Waals surface area contributed by atoms with Crippen molar-refractivity contribution in [3.63, 3.8) is 0 Å². The monoisotopic (exact) mass is 660 g/mol. The smallest absolute Gasteiger partial charge is 0.248 e. The maximum atomic E-state index is 13.4. The fraction of sp³-hybridized carbons (Fsp3) is 0.643. The Labute approximate surface area is 243 Å². The summed E-state index contributed by atoms with van der Waals surface area (Å²) in [5.41, 5.74) is 1.01. The zero-order valence-electron chi connectivity index (χ0n) is 22.7. The molecule has 39 heavy (non-hydrogen) atoms. The molecule has 0 saturated heterocycles. The molecule has 0 aromatic heterocycles. The number of benzene rings is 1. The zero-order valence-corrected chi connectivity index (χ0v) is 24.9. The number of halogens is 1. The van der Waals surface area contributed by atoms with Crippen LogP contribution in [0.3, 0.4) is 0 Å². The van der Waals surface area contributed by atoms with Crippen LogP contribution < -0.4 is 14.8 Å². The fourth-order valence-electron chi connectivity index (χ4n) is 5.24. The summed E-state index contributed by atoms with van der Waals surface area (Å²) in [6, 6.07) is 2.69. The van der Waals surface area contributed by atoms with E-state index in [-0.39, 0.29) is 44.6 Å². The van der Waals surface area contributed by atoms with Crippen LogP contribution in [0.5, 0.6) is 11.5 Å². The topological polar surface area (TPSA) is 138 Å². The molecule has 218 valence electrons. The van der Waals surface area contributed by atoms with Crippen molar-refractivity contribution in [3.8, 4) is 11.5 Å². The molecule has 4 N–H and O–H groups in total. The van der Waals surface area contributed by atoms with Gasteiger partial charge in [0, 0.05) is 31.7 Å². The number of hydrogen-bond donors (Lipinski definition) is 4. The summed E-state index contributed by atoms with van der Waals surface area (Å²) in [4.78, 5) is 28.1. The van der Waals surface area contributed by atoms with Gasteiger partial charge >= 0.3 is 0 Å². The number of nitrogens with one attached hydrogen (secondary N) is 1. The molecule has 2 aliphatic rings. The van der Waals surface area contributed by atoms with E-state index >= 15 is 0 Å². The molecule has 1 aromatic carbocycles. The van der Waals surface area contributed by atoms with Crippen molar-refractivity contribution in [1.29, 1.82) is 0 Å². The third-order valence-electron chi connectivity index (χ3n) is 7.27. The number of carbonyl (C=O) groups is 2. The van der Waals surface area contributed by atoms with E-state index in [0.717, 1.165) is 25.7 Å². The lowest BCUT2D eigenvalue weighted by molar-refractivity contribution is -0.144. The number of methoxy groups -OCH3 is 1. The van der Waals surface area contributed by atoms with Crippen molar-refractivity contribution in [3.05, 3.63) is 32.9 Å². The second kappa shape index (κ2) is 15.8. The first-order chi connectivity index (χ1) is 18.8. The SMILES string of the molecule is CCOCC(=O)N(CC1CCCCC1)[C@@H]1CC(C(=O)NCCO)=C[C@H](Oc2c(I)cc(CO)cc2OC)[C@H]1O. The van der Waals surface area contributed by atoms with E-state index in [1.807, 2.05) is 6.92 Å². The van der Waals surface area contributed by atoms with Crippen molar-refractivity contribution < 1.29 is 39.1 Å². The molecule has 0 bridgehead atoms. The maximum absolute atomic E-state index is 13.4. The number of rotatable bonds is 13. The van der Waals surface area contributed by atoms with Gasteiger partial charge in [0.15, 0.2) is 11.5 Å². The molecule has 0 aliphatic heterocycles. The minimum absolute atomic E-state index is 0.0817. The number of nitrogens with zero attached hydrogens (tertiary/aromatic N) is 1. The first-order valence-corrected chi connectivity index (χ1v) is 14.7. The van der Waals surface area contributed by atoms with E-state index in [9.17, 15) is 24.9 Å². The summed E-state index contributed by atoms with van der Waals surface area (Å²) in [7, 11) is 1.49. The normalized spacial score (nSPS) is 21.7. The molecule has 3 rings (SSSR count). The van der Waals surface area contributed by atoms with Crippen molar-refractivity contribution >= 4 is 34.4 Å². The molecule has 10 nitrogen and oxygen atoms in total. The number of ether oxygens (including phenoxy) is 3. The van der Waals surface area contributed by atoms with Crippen molar-refractivity contribution in [1.82, 2.24) is 10.2 Å². The van der Waals surface area contributed by atoms with Gasteiger partial charge in [-0.3, -0.25) is 9.59 Å². The van der Waals surface area contributed by atoms with Crippen molar-refractivity contribution in [2.75, 3.05) is 40.0 Å². The Morgan fingerprint density at radius 3 is 2.56 bits per heavy atom. The molecule has 3 atom stereocenters. The molecule has 0 spiro atoms. The molecular formula is C28H41IN2O8. The van der Waals surface area contributed by atoms with E-state index < -0.39 is 18.2 Å². The average Bonchev–Trinajstić information content (AvgIpc) is 2.95. The lowest BCUT2D eigenvalue weighted by atomic mass is 9.85. The summed E-state index contributed by atoms with van der Waals surface area (Å²) in [5, 5.41) is 33.1. The van der Waals surface area contributed by atoms with Crippen LogP contribution in [0.25, 0.3) is 0 Å². The predicted molar refractivity (Wildman–Crippen MR) is 153 cm³/mol. The van der Waals surface area contributed by atoms with Crippen LogP contribution in [-0.2, 0) is 20.9 Å². The van der Waals surface area contributed by atoms with Gasteiger partial charge in [-0.25, -0.2) is 0 Å². The summed E-state index contributed by atoms with van der Waals surface area (Å²) in [6.45, 7) is 2.27. The Balaban J connectivity index is 1.97. The van der Waals surface area contributed by atoms with Crippen molar-refractivity contribution in [2.24, 2.45) is 5.92 Å². The molecule has 1 saturated carbocycles. The van der Waals surface area contributed by atoms with Gasteiger partial charge in [-0.15, -0.1) is 0 Å². The van der Waals surface area contributed by atoms with Crippen LogP contribution in [0.1, 0.15) is 51.0 Å². The highest BCUT2D eigenvalue weighted by Crippen LogP contribution is 2.37. The van der Waals surface area contributed by atoms with Gasteiger partial charge in [0.1, 0.15) is 18.8 Å². The molecule has 0 unspecified atom stereocenters. The van der Waals surface area contributed by atoms with Gasteiger partial charge in [-0.1, -0.05) is 19.3 Å². The van der Waals surface area contributed by atoms with Gasteiger partial charge in [0.05, 0.1) is 29.9 Å². The number of hydrogen-bond acceptors (Lipinski definition) is 8. The highest BCUT2D eigenvalue weighted by Gasteiger charge is 2.41. The van der Waals surface area contributed by atoms with Crippen LogP contribution >= 0.6 is 22.6 Å². The van der Waals surface area contributed by atoms with Gasteiger partial charge in [0.2, 0.25) is 11.8 Å². The Bertz CT molecular complexity index is 998. The minimum atomic E-state index is -1.13. The van der Waals surface area contributed by atoms with Gasteiger partial charge < -0.3 is 39.7 Å². The summed E-state index contributed by atoms with van der Waals surface area (Å²) < 4.78 is 17.9. The van der Waals surface area contributed by atoms with E-state index in [4.69, 9.17) is 14.2 Å². The first kappa shape index (κ1) is 31.6. The third kappa shape index (κ3) is 8.53. The number of amides is 2. The molecule has 0 radical (unpaired) electrons. The molecule has 1 fully saturated rings. The largest absolute Gasteiger partial charge is 0.493 e. The Kier molecular flexibility index (Phi) is 12.8. The van der Waals surface area contributed by atoms with E-state index in [2.05, 4.69) is 27.9 Å². The zero-order chi connectivity index (χ0) is 28.4. The van der Waals surface area contributed by atoms with E-state index in [1.54, 1.807) is 23.1 Å². The molecule has 11 heteroatoms. The summed E-state index contributed by atoms with van der Waals surface area (Å²) >= 11 is 2.07. The van der Waals surface area contributed by atoms with Gasteiger partial charge in [0.25, 0.3) is 0 Å². The van der Waals surface area contributed by atoms with Crippen LogP contribution in [0.15, 0.2) is 23.8 Å². The van der Waals surface area contributed by atoms with Crippen LogP contribution in [0.4, 0.5) is 0 Å². The van der Waals surface area contributed by atoms with E-state index in [1.165, 1.54) is 13.5 Å². The fourth-order valence-corrected chi connectivity index (χ4v) is 6.03. The summed E-state index contributed by atoms with van der Waals surface area (Å²) in [5.74, 6) is 0.432. The Morgan fingerprint density at radius 2 is 1.92 bits per heavy atom. The molecule has 1 aromatic rings. The number of aliphatic hydroxyl groups excluding tert-OH is 3. The summed E-state index contributed by atoms with van der Waals surface area (Å²) in [6.07, 6.45) is 5.03. The van der Waals surface area contributed by atoms with Crippen LogP contribution in [-0.4, -0.2) is 90.3 Å². The molecule has 0 heterocycles. The highest BCUT2D eigenvalue weighted by molar-refractivity contribution is 14.1. The predicted octanol–water partition coefficient (Wildman–Crippen LogP) is 2.15. The lowest BCUT2D eigenvalue weighted by Crippen LogP contribution is -2.56. The second-order valence-electron chi connectivity index (χ2n) is 9.97. The minimum Gasteiger partial charge on any atom is -0.493 e. The lowest BCUT2D eigenvalue weighted by Gasteiger charge is -2.42. The Hall–Kier alpha value is -1.93. The van der Waals surface area contributed by atoms with Gasteiger partial charge in [-0.05, 0) is 72.0 Å². The molecular weight excluding hydrogens is 619 g/mol. The van der Waals surface area contributed by atoms with Gasteiger partial charge in [-0.2, -0.15) is 0 Å². The maximum Gasteiger partial charge on any atom is 0.248 e.